The first-order valence-electron chi connectivity index (χ1n) is 6.75. The first kappa shape index (κ1) is 16.6. The van der Waals surface area contributed by atoms with E-state index in [9.17, 15) is 9.59 Å². The smallest absolute Gasteiger partial charge is 0.305 e. The summed E-state index contributed by atoms with van der Waals surface area (Å²) in [6.45, 7) is 0.213. The zero-order chi connectivity index (χ0) is 16.1. The second-order valence-electron chi connectivity index (χ2n) is 4.84. The maximum atomic E-state index is 12.0. The Morgan fingerprint density at radius 1 is 1.23 bits per heavy atom. The van der Waals surface area contributed by atoms with Crippen molar-refractivity contribution in [1.82, 2.24) is 4.90 Å². The number of amides is 1. The molecule has 0 aliphatic heterocycles. The van der Waals surface area contributed by atoms with Gasteiger partial charge in [0.15, 0.2) is 0 Å². The fourth-order valence-electron chi connectivity index (χ4n) is 2.02. The summed E-state index contributed by atoms with van der Waals surface area (Å²) in [7, 11) is 1.61. The van der Waals surface area contributed by atoms with Gasteiger partial charge in [0.05, 0.1) is 12.2 Å². The average molecular weight is 338 g/mol. The second-order valence-corrected chi connectivity index (χ2v) is 6.27. The van der Waals surface area contributed by atoms with Gasteiger partial charge in [-0.3, -0.25) is 9.59 Å². The van der Waals surface area contributed by atoms with Crippen molar-refractivity contribution in [2.24, 2.45) is 0 Å². The summed E-state index contributed by atoms with van der Waals surface area (Å²) >= 11 is 7.66. The molecule has 2 aromatic rings. The van der Waals surface area contributed by atoms with E-state index in [1.165, 1.54) is 16.7 Å². The van der Waals surface area contributed by atoms with E-state index >= 15 is 0 Å². The molecule has 0 aromatic heterocycles. The lowest BCUT2D eigenvalue weighted by molar-refractivity contribution is -0.137. The van der Waals surface area contributed by atoms with Crippen LogP contribution in [0.25, 0.3) is 10.8 Å². The van der Waals surface area contributed by atoms with Crippen molar-refractivity contribution >= 4 is 46.0 Å². The predicted octanol–water partition coefficient (Wildman–Crippen LogP) is 3.52. The van der Waals surface area contributed by atoms with E-state index in [1.54, 1.807) is 7.05 Å². The summed E-state index contributed by atoms with van der Waals surface area (Å²) in [5, 5.41) is 11.3. The van der Waals surface area contributed by atoms with E-state index in [2.05, 4.69) is 0 Å². The van der Waals surface area contributed by atoms with Gasteiger partial charge >= 0.3 is 5.97 Å². The van der Waals surface area contributed by atoms with Crippen molar-refractivity contribution in [3.8, 4) is 0 Å². The van der Waals surface area contributed by atoms with Gasteiger partial charge in [0.2, 0.25) is 5.91 Å². The van der Waals surface area contributed by atoms with Crippen LogP contribution < -0.4 is 0 Å². The van der Waals surface area contributed by atoms with Crippen LogP contribution in [-0.2, 0) is 9.59 Å². The summed E-state index contributed by atoms with van der Waals surface area (Å²) < 4.78 is 0. The lowest BCUT2D eigenvalue weighted by Crippen LogP contribution is -2.30. The topological polar surface area (TPSA) is 57.6 Å². The Morgan fingerprint density at radius 2 is 1.91 bits per heavy atom. The first-order chi connectivity index (χ1) is 10.5. The molecule has 116 valence electrons. The van der Waals surface area contributed by atoms with E-state index < -0.39 is 5.97 Å². The standard InChI is InChI=1S/C16H16ClNO3S/c1-18(9-8-15(20)21)14(19)10-22-13-7-3-5-11-4-2-6-12(17)16(11)13/h2-7H,8-10H2,1H3,(H,20,21). The van der Waals surface area contributed by atoms with E-state index in [0.717, 1.165) is 15.7 Å². The molecule has 2 rings (SSSR count). The van der Waals surface area contributed by atoms with Crippen LogP contribution in [0.15, 0.2) is 41.3 Å². The number of carbonyl (C=O) groups excluding carboxylic acids is 1. The number of carbonyl (C=O) groups is 2. The van der Waals surface area contributed by atoms with Gasteiger partial charge in [-0.1, -0.05) is 35.9 Å². The summed E-state index contributed by atoms with van der Waals surface area (Å²) in [5.41, 5.74) is 0. The summed E-state index contributed by atoms with van der Waals surface area (Å²) in [5.74, 6) is -0.760. The van der Waals surface area contributed by atoms with E-state index in [0.29, 0.717) is 5.02 Å². The Labute approximate surface area is 138 Å². The third-order valence-electron chi connectivity index (χ3n) is 3.25. The number of carboxylic acids is 1. The van der Waals surface area contributed by atoms with Gasteiger partial charge in [0.25, 0.3) is 0 Å². The van der Waals surface area contributed by atoms with Crippen molar-refractivity contribution in [1.29, 1.82) is 0 Å². The Kier molecular flexibility index (Phi) is 5.69. The summed E-state index contributed by atoms with van der Waals surface area (Å²) in [4.78, 5) is 24.9. The van der Waals surface area contributed by atoms with Crippen LogP contribution in [0.2, 0.25) is 5.02 Å². The fraction of sp³-hybridized carbons (Fsp3) is 0.250. The highest BCUT2D eigenvalue weighted by Crippen LogP contribution is 2.33. The number of hydrogen-bond acceptors (Lipinski definition) is 3. The molecule has 0 fully saturated rings. The zero-order valence-electron chi connectivity index (χ0n) is 12.1. The van der Waals surface area contributed by atoms with Crippen LogP contribution >= 0.6 is 23.4 Å². The minimum absolute atomic E-state index is 0.0486. The third-order valence-corrected chi connectivity index (χ3v) is 4.61. The predicted molar refractivity (Wildman–Crippen MR) is 89.6 cm³/mol. The van der Waals surface area contributed by atoms with Crippen LogP contribution in [0.4, 0.5) is 0 Å². The molecule has 4 nitrogen and oxygen atoms in total. The lowest BCUT2D eigenvalue weighted by Gasteiger charge is -2.16. The molecule has 0 aliphatic rings. The maximum absolute atomic E-state index is 12.0. The minimum Gasteiger partial charge on any atom is -0.481 e. The van der Waals surface area contributed by atoms with Gasteiger partial charge in [0.1, 0.15) is 0 Å². The van der Waals surface area contributed by atoms with Crippen LogP contribution in [0.1, 0.15) is 6.42 Å². The molecule has 0 spiro atoms. The minimum atomic E-state index is -0.909. The molecule has 0 aliphatic carbocycles. The quantitative estimate of drug-likeness (QED) is 0.819. The van der Waals surface area contributed by atoms with E-state index in [-0.39, 0.29) is 24.6 Å². The average Bonchev–Trinajstić information content (AvgIpc) is 2.50. The zero-order valence-corrected chi connectivity index (χ0v) is 13.7. The van der Waals surface area contributed by atoms with Gasteiger partial charge in [-0.25, -0.2) is 0 Å². The number of hydrogen-bond donors (Lipinski definition) is 1. The maximum Gasteiger partial charge on any atom is 0.305 e. The van der Waals surface area contributed by atoms with Crippen molar-refractivity contribution < 1.29 is 14.7 Å². The molecule has 0 saturated heterocycles. The van der Waals surface area contributed by atoms with Gasteiger partial charge in [0, 0.05) is 28.9 Å². The third kappa shape index (κ3) is 4.15. The largest absolute Gasteiger partial charge is 0.481 e. The van der Waals surface area contributed by atoms with Crippen molar-refractivity contribution in [3.05, 3.63) is 41.4 Å². The number of benzene rings is 2. The second kappa shape index (κ2) is 7.51. The number of aliphatic carboxylic acids is 1. The van der Waals surface area contributed by atoms with Gasteiger partial charge in [-0.2, -0.15) is 0 Å². The molecule has 22 heavy (non-hydrogen) atoms. The Bertz CT molecular complexity index is 700. The van der Waals surface area contributed by atoms with Crippen molar-refractivity contribution in [3.63, 3.8) is 0 Å². The molecule has 1 N–H and O–H groups in total. The molecule has 0 radical (unpaired) electrons. The Morgan fingerprint density at radius 3 is 2.59 bits per heavy atom. The number of halogens is 1. The highest BCUT2D eigenvalue weighted by Gasteiger charge is 2.12. The van der Waals surface area contributed by atoms with Crippen LogP contribution in [-0.4, -0.2) is 41.2 Å². The van der Waals surface area contributed by atoms with Crippen LogP contribution in [0, 0.1) is 0 Å². The number of carboxylic acid groups (broad SMARTS) is 1. The summed E-state index contributed by atoms with van der Waals surface area (Å²) in [6.07, 6.45) is -0.0486. The molecule has 0 saturated carbocycles. The number of thioether (sulfide) groups is 1. The molecule has 0 atom stereocenters. The molecular weight excluding hydrogens is 322 g/mol. The molecule has 1 amide bonds. The lowest BCUT2D eigenvalue weighted by atomic mass is 10.1. The number of rotatable bonds is 6. The molecule has 6 heteroatoms. The number of nitrogens with zero attached hydrogens (tertiary/aromatic N) is 1. The highest BCUT2D eigenvalue weighted by atomic mass is 35.5. The monoisotopic (exact) mass is 337 g/mol. The number of fused-ring (bicyclic) bond motifs is 1. The van der Waals surface area contributed by atoms with Crippen LogP contribution in [0.5, 0.6) is 0 Å². The van der Waals surface area contributed by atoms with Crippen molar-refractivity contribution in [2.75, 3.05) is 19.3 Å². The van der Waals surface area contributed by atoms with Crippen molar-refractivity contribution in [2.45, 2.75) is 11.3 Å². The fourth-order valence-corrected chi connectivity index (χ4v) is 3.41. The molecule has 0 bridgehead atoms. The van der Waals surface area contributed by atoms with Gasteiger partial charge in [-0.05, 0) is 17.5 Å². The summed E-state index contributed by atoms with van der Waals surface area (Å²) in [6, 6.07) is 11.5. The van der Waals surface area contributed by atoms with E-state index in [1.807, 2.05) is 36.4 Å². The normalized spacial score (nSPS) is 10.6. The van der Waals surface area contributed by atoms with E-state index in [4.69, 9.17) is 16.7 Å². The highest BCUT2D eigenvalue weighted by molar-refractivity contribution is 8.00. The Hall–Kier alpha value is -1.72. The molecule has 0 heterocycles. The van der Waals surface area contributed by atoms with Crippen LogP contribution in [0.3, 0.4) is 0 Å². The first-order valence-corrected chi connectivity index (χ1v) is 8.11. The molecule has 2 aromatic carbocycles. The SMILES string of the molecule is CN(CCC(=O)O)C(=O)CSc1cccc2cccc(Cl)c12. The van der Waals surface area contributed by atoms with Gasteiger partial charge in [-0.15, -0.1) is 11.8 Å². The van der Waals surface area contributed by atoms with Gasteiger partial charge < -0.3 is 10.0 Å². The Balaban J connectivity index is 2.06. The molecule has 0 unspecified atom stereocenters. The molecular formula is C16H16ClNO3S.